The van der Waals surface area contributed by atoms with Crippen LogP contribution in [0, 0.1) is 12.8 Å². The Kier molecular flexibility index (Phi) is 7.29. The van der Waals surface area contributed by atoms with Crippen molar-refractivity contribution < 1.29 is 4.79 Å². The number of amides is 1. The van der Waals surface area contributed by atoms with Gasteiger partial charge in [0, 0.05) is 32.2 Å². The van der Waals surface area contributed by atoms with Crippen molar-refractivity contribution in [1.82, 2.24) is 16.0 Å². The van der Waals surface area contributed by atoms with Gasteiger partial charge in [-0.05, 0) is 25.0 Å². The minimum Gasteiger partial charge on any atom is -0.356 e. The van der Waals surface area contributed by atoms with E-state index in [0.29, 0.717) is 24.6 Å². The summed E-state index contributed by atoms with van der Waals surface area (Å²) in [4.78, 5) is 16.1. The standard InChI is InChI=1S/C16H26N4O/c1-12(2)11-20-16(17-4)19-9-8-18-15(21)14-7-5-6-13(3)10-14/h5-7,10,12H,8-9,11H2,1-4H3,(H,18,21)(H2,17,19,20). The number of guanidine groups is 1. The zero-order valence-electron chi connectivity index (χ0n) is 13.4. The van der Waals surface area contributed by atoms with Crippen LogP contribution in [-0.2, 0) is 0 Å². The summed E-state index contributed by atoms with van der Waals surface area (Å²) in [5, 5.41) is 9.28. The van der Waals surface area contributed by atoms with Gasteiger partial charge in [-0.2, -0.15) is 0 Å². The Bertz CT molecular complexity index is 483. The van der Waals surface area contributed by atoms with Gasteiger partial charge in [-0.25, -0.2) is 0 Å². The number of aliphatic imine (C=N–C) groups is 1. The van der Waals surface area contributed by atoms with Crippen molar-refractivity contribution in [2.75, 3.05) is 26.7 Å². The monoisotopic (exact) mass is 290 g/mol. The summed E-state index contributed by atoms with van der Waals surface area (Å²) in [7, 11) is 1.74. The molecule has 1 amide bonds. The van der Waals surface area contributed by atoms with Gasteiger partial charge < -0.3 is 16.0 Å². The Hall–Kier alpha value is -2.04. The predicted molar refractivity (Wildman–Crippen MR) is 87.7 cm³/mol. The van der Waals surface area contributed by atoms with Crippen LogP contribution >= 0.6 is 0 Å². The minimum atomic E-state index is -0.0503. The van der Waals surface area contributed by atoms with E-state index in [9.17, 15) is 4.79 Å². The maximum absolute atomic E-state index is 11.9. The van der Waals surface area contributed by atoms with E-state index < -0.39 is 0 Å². The smallest absolute Gasteiger partial charge is 0.251 e. The second-order valence-electron chi connectivity index (χ2n) is 5.40. The van der Waals surface area contributed by atoms with Crippen molar-refractivity contribution in [3.63, 3.8) is 0 Å². The summed E-state index contributed by atoms with van der Waals surface area (Å²) >= 11 is 0. The third kappa shape index (κ3) is 6.79. The van der Waals surface area contributed by atoms with Gasteiger partial charge in [0.05, 0.1) is 0 Å². The maximum atomic E-state index is 11.9. The normalized spacial score (nSPS) is 11.4. The lowest BCUT2D eigenvalue weighted by Gasteiger charge is -2.13. The quantitative estimate of drug-likeness (QED) is 0.423. The molecule has 0 atom stereocenters. The van der Waals surface area contributed by atoms with E-state index in [1.165, 1.54) is 0 Å². The maximum Gasteiger partial charge on any atom is 0.251 e. The first-order valence-electron chi connectivity index (χ1n) is 7.32. The molecule has 5 heteroatoms. The first-order valence-corrected chi connectivity index (χ1v) is 7.32. The van der Waals surface area contributed by atoms with Crippen molar-refractivity contribution >= 4 is 11.9 Å². The summed E-state index contributed by atoms with van der Waals surface area (Å²) in [6.45, 7) is 8.31. The van der Waals surface area contributed by atoms with Crippen LogP contribution in [0.15, 0.2) is 29.3 Å². The second-order valence-corrected chi connectivity index (χ2v) is 5.40. The zero-order chi connectivity index (χ0) is 15.7. The molecule has 0 radical (unpaired) electrons. The van der Waals surface area contributed by atoms with E-state index in [-0.39, 0.29) is 5.91 Å². The molecule has 0 bridgehead atoms. The van der Waals surface area contributed by atoms with Crippen molar-refractivity contribution in [2.45, 2.75) is 20.8 Å². The number of nitrogens with zero attached hydrogens (tertiary/aromatic N) is 1. The molecule has 5 nitrogen and oxygen atoms in total. The molecule has 1 rings (SSSR count). The number of hydrogen-bond donors (Lipinski definition) is 3. The van der Waals surface area contributed by atoms with Crippen molar-refractivity contribution in [2.24, 2.45) is 10.9 Å². The van der Waals surface area contributed by atoms with Gasteiger partial charge in [0.25, 0.3) is 5.91 Å². The Morgan fingerprint density at radius 1 is 1.19 bits per heavy atom. The number of benzene rings is 1. The molecule has 1 aromatic rings. The lowest BCUT2D eigenvalue weighted by atomic mass is 10.1. The summed E-state index contributed by atoms with van der Waals surface area (Å²) < 4.78 is 0. The lowest BCUT2D eigenvalue weighted by Crippen LogP contribution is -2.42. The van der Waals surface area contributed by atoms with E-state index in [0.717, 1.165) is 18.1 Å². The topological polar surface area (TPSA) is 65.5 Å². The van der Waals surface area contributed by atoms with Gasteiger partial charge in [-0.3, -0.25) is 9.79 Å². The number of carbonyl (C=O) groups is 1. The van der Waals surface area contributed by atoms with Crippen molar-refractivity contribution in [3.05, 3.63) is 35.4 Å². The zero-order valence-corrected chi connectivity index (χ0v) is 13.4. The van der Waals surface area contributed by atoms with E-state index >= 15 is 0 Å². The SMILES string of the molecule is CN=C(NCCNC(=O)c1cccc(C)c1)NCC(C)C. The molecule has 0 heterocycles. The van der Waals surface area contributed by atoms with Gasteiger partial charge in [0.2, 0.25) is 0 Å². The average Bonchev–Trinajstić information content (AvgIpc) is 2.46. The summed E-state index contributed by atoms with van der Waals surface area (Å²) in [5.74, 6) is 1.27. The van der Waals surface area contributed by atoms with Crippen molar-refractivity contribution in [1.29, 1.82) is 0 Å². The number of hydrogen-bond acceptors (Lipinski definition) is 2. The molecular formula is C16H26N4O. The van der Waals surface area contributed by atoms with Gasteiger partial charge >= 0.3 is 0 Å². The van der Waals surface area contributed by atoms with Gasteiger partial charge in [-0.15, -0.1) is 0 Å². The van der Waals surface area contributed by atoms with Gasteiger partial charge in [0.1, 0.15) is 0 Å². The third-order valence-electron chi connectivity index (χ3n) is 2.88. The molecule has 0 spiro atoms. The molecule has 0 unspecified atom stereocenters. The highest BCUT2D eigenvalue weighted by Gasteiger charge is 2.04. The fraction of sp³-hybridized carbons (Fsp3) is 0.500. The second kappa shape index (κ2) is 9.00. The molecule has 0 saturated heterocycles. The van der Waals surface area contributed by atoms with E-state index in [1.807, 2.05) is 31.2 Å². The van der Waals surface area contributed by atoms with E-state index in [2.05, 4.69) is 34.8 Å². The largest absolute Gasteiger partial charge is 0.356 e. The Morgan fingerprint density at radius 3 is 2.52 bits per heavy atom. The van der Waals surface area contributed by atoms with Gasteiger partial charge in [-0.1, -0.05) is 31.5 Å². The molecule has 3 N–H and O–H groups in total. The Morgan fingerprint density at radius 2 is 1.90 bits per heavy atom. The molecule has 0 aromatic heterocycles. The van der Waals surface area contributed by atoms with E-state index in [1.54, 1.807) is 7.05 Å². The van der Waals surface area contributed by atoms with Crippen LogP contribution in [0.3, 0.4) is 0 Å². The van der Waals surface area contributed by atoms with Crippen LogP contribution < -0.4 is 16.0 Å². The lowest BCUT2D eigenvalue weighted by molar-refractivity contribution is 0.0954. The minimum absolute atomic E-state index is 0.0503. The molecule has 21 heavy (non-hydrogen) atoms. The Labute approximate surface area is 127 Å². The van der Waals surface area contributed by atoms with Crippen LogP contribution in [-0.4, -0.2) is 38.5 Å². The molecular weight excluding hydrogens is 264 g/mol. The highest BCUT2D eigenvalue weighted by molar-refractivity contribution is 5.94. The summed E-state index contributed by atoms with van der Waals surface area (Å²) in [5.41, 5.74) is 1.77. The molecule has 0 saturated carbocycles. The van der Waals surface area contributed by atoms with Crippen LogP contribution in [0.4, 0.5) is 0 Å². The fourth-order valence-corrected chi connectivity index (χ4v) is 1.77. The van der Waals surface area contributed by atoms with Crippen LogP contribution in [0.5, 0.6) is 0 Å². The first-order chi connectivity index (χ1) is 10.0. The first kappa shape index (κ1) is 17.0. The fourth-order valence-electron chi connectivity index (χ4n) is 1.77. The number of nitrogens with one attached hydrogen (secondary N) is 3. The van der Waals surface area contributed by atoms with Crippen LogP contribution in [0.2, 0.25) is 0 Å². The summed E-state index contributed by atoms with van der Waals surface area (Å²) in [6.07, 6.45) is 0. The van der Waals surface area contributed by atoms with Crippen LogP contribution in [0.25, 0.3) is 0 Å². The average molecular weight is 290 g/mol. The molecule has 0 aliphatic heterocycles. The molecule has 0 aliphatic rings. The molecule has 1 aromatic carbocycles. The van der Waals surface area contributed by atoms with Crippen LogP contribution in [0.1, 0.15) is 29.8 Å². The molecule has 0 fully saturated rings. The number of carbonyl (C=O) groups excluding carboxylic acids is 1. The molecule has 116 valence electrons. The Balaban J connectivity index is 2.28. The number of aryl methyl sites for hydroxylation is 1. The van der Waals surface area contributed by atoms with E-state index in [4.69, 9.17) is 0 Å². The highest BCUT2D eigenvalue weighted by atomic mass is 16.1. The third-order valence-corrected chi connectivity index (χ3v) is 2.88. The van der Waals surface area contributed by atoms with Gasteiger partial charge in [0.15, 0.2) is 5.96 Å². The summed E-state index contributed by atoms with van der Waals surface area (Å²) in [6, 6.07) is 7.56. The van der Waals surface area contributed by atoms with Crippen molar-refractivity contribution in [3.8, 4) is 0 Å². The molecule has 0 aliphatic carbocycles. The predicted octanol–water partition coefficient (Wildman–Crippen LogP) is 1.55. The highest BCUT2D eigenvalue weighted by Crippen LogP contribution is 2.03. The number of rotatable bonds is 6.